The topological polar surface area (TPSA) is 48.1 Å². The van der Waals surface area contributed by atoms with Gasteiger partial charge in [0.1, 0.15) is 11.5 Å². The molecule has 2 aromatic rings. The van der Waals surface area contributed by atoms with E-state index in [-0.39, 0.29) is 5.91 Å². The summed E-state index contributed by atoms with van der Waals surface area (Å²) in [4.78, 5) is 19.8. The summed E-state index contributed by atoms with van der Waals surface area (Å²) in [5.41, 5.74) is 1.79. The maximum atomic E-state index is 12.5. The van der Waals surface area contributed by atoms with Crippen LogP contribution in [0.1, 0.15) is 48.9 Å². The van der Waals surface area contributed by atoms with E-state index in [1.807, 2.05) is 62.6 Å². The van der Waals surface area contributed by atoms with Gasteiger partial charge in [0.15, 0.2) is 0 Å². The van der Waals surface area contributed by atoms with Crippen molar-refractivity contribution in [2.24, 2.45) is 0 Å². The number of amides is 1. The van der Waals surface area contributed by atoms with Gasteiger partial charge in [0.05, 0.1) is 0 Å². The van der Waals surface area contributed by atoms with Crippen LogP contribution in [0, 0.1) is 0 Å². The Kier molecular flexibility index (Phi) is 8.83. The first-order chi connectivity index (χ1) is 16.6. The van der Waals surface area contributed by atoms with E-state index >= 15 is 0 Å². The lowest BCUT2D eigenvalue weighted by Crippen LogP contribution is -2.47. The van der Waals surface area contributed by atoms with E-state index < -0.39 is 0 Å². The Morgan fingerprint density at radius 2 is 1.53 bits per heavy atom. The van der Waals surface area contributed by atoms with Crippen molar-refractivity contribution in [3.63, 3.8) is 0 Å². The Morgan fingerprint density at radius 1 is 0.912 bits per heavy atom. The van der Waals surface area contributed by atoms with Crippen LogP contribution < -0.4 is 15.0 Å². The van der Waals surface area contributed by atoms with Gasteiger partial charge in [0, 0.05) is 37.9 Å². The lowest BCUT2D eigenvalue weighted by Gasteiger charge is -2.40. The molecule has 0 unspecified atom stereocenters. The summed E-state index contributed by atoms with van der Waals surface area (Å²) in [6, 6.07) is 16.1. The number of rotatable bonds is 9. The highest BCUT2D eigenvalue weighted by Crippen LogP contribution is 2.24. The molecule has 2 aromatic carbocycles. The summed E-state index contributed by atoms with van der Waals surface area (Å²) in [5, 5.41) is 3.07. The lowest BCUT2D eigenvalue weighted by atomic mass is 10.00. The van der Waals surface area contributed by atoms with E-state index in [1.165, 1.54) is 58.3 Å². The van der Waals surface area contributed by atoms with Crippen molar-refractivity contribution in [3.8, 4) is 11.5 Å². The number of hydrogen-bond acceptors (Lipinski definition) is 5. The average Bonchev–Trinajstić information content (AvgIpc) is 2.88. The monoisotopic (exact) mass is 464 g/mol. The molecule has 0 aliphatic carbocycles. The Hall–Kier alpha value is -2.57. The van der Waals surface area contributed by atoms with Gasteiger partial charge in [-0.1, -0.05) is 6.42 Å². The number of hydrogen-bond donors (Lipinski definition) is 1. The van der Waals surface area contributed by atoms with Crippen LogP contribution in [0.15, 0.2) is 48.5 Å². The first-order valence-electron chi connectivity index (χ1n) is 12.9. The summed E-state index contributed by atoms with van der Waals surface area (Å²) in [7, 11) is 4.02. The average molecular weight is 465 g/mol. The summed E-state index contributed by atoms with van der Waals surface area (Å²) >= 11 is 0. The second-order valence-corrected chi connectivity index (χ2v) is 9.79. The first kappa shape index (κ1) is 24.6. The van der Waals surface area contributed by atoms with Crippen LogP contribution in [0.2, 0.25) is 0 Å². The molecule has 2 fully saturated rings. The molecule has 2 saturated heterocycles. The molecule has 2 heterocycles. The molecule has 0 spiro atoms. The Balaban J connectivity index is 1.13. The van der Waals surface area contributed by atoms with Gasteiger partial charge >= 0.3 is 0 Å². The molecule has 0 atom stereocenters. The summed E-state index contributed by atoms with van der Waals surface area (Å²) in [6.45, 7) is 6.75. The number of carbonyl (C=O) groups excluding carboxylic acids is 1. The van der Waals surface area contributed by atoms with E-state index in [2.05, 4.69) is 20.0 Å². The minimum atomic E-state index is -0.0225. The van der Waals surface area contributed by atoms with E-state index in [0.29, 0.717) is 12.1 Å². The van der Waals surface area contributed by atoms with Crippen molar-refractivity contribution < 1.29 is 9.53 Å². The number of nitrogens with one attached hydrogen (secondary N) is 1. The molecule has 4 rings (SSSR count). The van der Waals surface area contributed by atoms with Gasteiger partial charge < -0.3 is 24.8 Å². The maximum Gasteiger partial charge on any atom is 0.251 e. The lowest BCUT2D eigenvalue weighted by molar-refractivity contribution is 0.0903. The van der Waals surface area contributed by atoms with Crippen LogP contribution in [0.4, 0.5) is 5.69 Å². The van der Waals surface area contributed by atoms with Crippen molar-refractivity contribution in [2.75, 3.05) is 58.3 Å². The molecule has 184 valence electrons. The second kappa shape index (κ2) is 12.2. The van der Waals surface area contributed by atoms with Gasteiger partial charge in [0.2, 0.25) is 0 Å². The molecule has 0 aromatic heterocycles. The normalized spacial score (nSPS) is 17.9. The highest BCUT2D eigenvalue weighted by atomic mass is 16.5. The molecule has 0 saturated carbocycles. The molecule has 0 bridgehead atoms. The van der Waals surface area contributed by atoms with Gasteiger partial charge in [-0.2, -0.15) is 0 Å². The summed E-state index contributed by atoms with van der Waals surface area (Å²) in [6.07, 6.45) is 7.73. The van der Waals surface area contributed by atoms with Crippen LogP contribution in [-0.2, 0) is 0 Å². The Bertz CT molecular complexity index is 884. The minimum absolute atomic E-state index is 0.0225. The highest BCUT2D eigenvalue weighted by Gasteiger charge is 2.25. The predicted molar refractivity (Wildman–Crippen MR) is 139 cm³/mol. The zero-order valence-electron chi connectivity index (χ0n) is 20.8. The van der Waals surface area contributed by atoms with E-state index in [1.54, 1.807) is 0 Å². The van der Waals surface area contributed by atoms with E-state index in [0.717, 1.165) is 36.2 Å². The number of likely N-dealkylation sites (tertiary alicyclic amines) is 2. The van der Waals surface area contributed by atoms with Crippen LogP contribution in [0.25, 0.3) is 0 Å². The second-order valence-electron chi connectivity index (χ2n) is 9.79. The fourth-order valence-corrected chi connectivity index (χ4v) is 5.02. The van der Waals surface area contributed by atoms with Crippen molar-refractivity contribution in [3.05, 3.63) is 54.1 Å². The third-order valence-corrected chi connectivity index (χ3v) is 7.11. The number of carbonyl (C=O) groups is 1. The molecule has 2 aliphatic rings. The summed E-state index contributed by atoms with van der Waals surface area (Å²) < 4.78 is 5.90. The molecule has 1 N–H and O–H groups in total. The molecular weight excluding hydrogens is 424 g/mol. The SMILES string of the molecule is CN(C)c1ccc(Oc2ccc(C(=O)NCCCN3CCC(N4CCCCC4)CC3)cc2)cc1. The number of ether oxygens (including phenoxy) is 1. The third kappa shape index (κ3) is 6.97. The Morgan fingerprint density at radius 3 is 2.15 bits per heavy atom. The molecule has 6 heteroatoms. The zero-order valence-corrected chi connectivity index (χ0v) is 20.8. The fraction of sp³-hybridized carbons (Fsp3) is 0.536. The largest absolute Gasteiger partial charge is 0.457 e. The van der Waals surface area contributed by atoms with Gasteiger partial charge in [-0.25, -0.2) is 0 Å². The minimum Gasteiger partial charge on any atom is -0.457 e. The molecule has 1 amide bonds. The summed E-state index contributed by atoms with van der Waals surface area (Å²) in [5.74, 6) is 1.48. The van der Waals surface area contributed by atoms with Crippen LogP contribution >= 0.6 is 0 Å². The maximum absolute atomic E-state index is 12.5. The molecule has 0 radical (unpaired) electrons. The molecule has 2 aliphatic heterocycles. The number of nitrogens with zero attached hydrogens (tertiary/aromatic N) is 3. The van der Waals surface area contributed by atoms with Crippen molar-refractivity contribution in [2.45, 2.75) is 44.6 Å². The standard InChI is InChI=1S/C28H40N4O2/c1-30(2)24-9-13-27(14-10-24)34-26-11-7-23(8-12-26)28(33)29-17-6-18-31-21-15-25(16-22-31)32-19-4-3-5-20-32/h7-14,25H,3-6,15-22H2,1-2H3,(H,29,33). The number of piperidine rings is 2. The van der Waals surface area contributed by atoms with Crippen LogP contribution in [0.3, 0.4) is 0 Å². The number of benzene rings is 2. The van der Waals surface area contributed by atoms with Gasteiger partial charge in [-0.15, -0.1) is 0 Å². The van der Waals surface area contributed by atoms with Gasteiger partial charge in [-0.05, 0) is 113 Å². The molecule has 6 nitrogen and oxygen atoms in total. The van der Waals surface area contributed by atoms with Crippen LogP contribution in [0.5, 0.6) is 11.5 Å². The van der Waals surface area contributed by atoms with Crippen molar-refractivity contribution >= 4 is 11.6 Å². The fourth-order valence-electron chi connectivity index (χ4n) is 5.02. The van der Waals surface area contributed by atoms with E-state index in [4.69, 9.17) is 4.74 Å². The Labute approximate surface area is 204 Å². The van der Waals surface area contributed by atoms with E-state index in [9.17, 15) is 4.79 Å². The zero-order chi connectivity index (χ0) is 23.8. The van der Waals surface area contributed by atoms with Crippen molar-refractivity contribution in [1.82, 2.24) is 15.1 Å². The predicted octanol–water partition coefficient (Wildman–Crippen LogP) is 4.62. The quantitative estimate of drug-likeness (QED) is 0.549. The molecule has 34 heavy (non-hydrogen) atoms. The third-order valence-electron chi connectivity index (χ3n) is 7.11. The highest BCUT2D eigenvalue weighted by molar-refractivity contribution is 5.94. The molecular formula is C28H40N4O2. The first-order valence-corrected chi connectivity index (χ1v) is 12.9. The smallest absolute Gasteiger partial charge is 0.251 e. The van der Waals surface area contributed by atoms with Crippen molar-refractivity contribution in [1.29, 1.82) is 0 Å². The number of anilines is 1. The van der Waals surface area contributed by atoms with Crippen LogP contribution in [-0.4, -0.2) is 75.1 Å². The van der Waals surface area contributed by atoms with Gasteiger partial charge in [0.25, 0.3) is 5.91 Å². The van der Waals surface area contributed by atoms with Gasteiger partial charge in [-0.3, -0.25) is 4.79 Å².